The van der Waals surface area contributed by atoms with Crippen molar-refractivity contribution in [2.45, 2.75) is 45.6 Å². The van der Waals surface area contributed by atoms with E-state index in [0.717, 1.165) is 31.4 Å². The number of allylic oxidation sites excluding steroid dienone is 1. The van der Waals surface area contributed by atoms with Gasteiger partial charge in [0.15, 0.2) is 0 Å². The summed E-state index contributed by atoms with van der Waals surface area (Å²) in [6.07, 6.45) is 6.03. The number of hydroxylamine groups is 2. The Hall–Kier alpha value is -1.54. The molecule has 0 aliphatic heterocycles. The molecule has 1 atom stereocenters. The second-order valence-electron chi connectivity index (χ2n) is 4.96. The van der Waals surface area contributed by atoms with Crippen LogP contribution in [0.2, 0.25) is 0 Å². The van der Waals surface area contributed by atoms with Crippen molar-refractivity contribution >= 4 is 0 Å². The predicted octanol–water partition coefficient (Wildman–Crippen LogP) is 5.26. The quantitative estimate of drug-likeness (QED) is 0.426. The molecule has 1 aromatic carbocycles. The Bertz CT molecular complexity index is 399. The maximum Gasteiger partial charge on any atom is 0.111 e. The van der Waals surface area contributed by atoms with Crippen molar-refractivity contribution in [3.8, 4) is 0 Å². The van der Waals surface area contributed by atoms with Gasteiger partial charge in [-0.2, -0.15) is 0 Å². The van der Waals surface area contributed by atoms with Crippen molar-refractivity contribution in [3.63, 3.8) is 0 Å². The highest BCUT2D eigenvalue weighted by Gasteiger charge is 2.16. The lowest BCUT2D eigenvalue weighted by Crippen LogP contribution is -2.25. The van der Waals surface area contributed by atoms with Crippen LogP contribution in [-0.4, -0.2) is 11.6 Å². The van der Waals surface area contributed by atoms with Crippen molar-refractivity contribution in [2.24, 2.45) is 0 Å². The normalized spacial score (nSPS) is 11.9. The van der Waals surface area contributed by atoms with E-state index >= 15 is 0 Å². The Labute approximate surface area is 123 Å². The summed E-state index contributed by atoms with van der Waals surface area (Å²) in [5, 5.41) is 1.89. The van der Waals surface area contributed by atoms with Gasteiger partial charge < -0.3 is 0 Å². The summed E-state index contributed by atoms with van der Waals surface area (Å²) < 4.78 is 0. The lowest BCUT2D eigenvalue weighted by molar-refractivity contribution is -0.174. The van der Waals surface area contributed by atoms with Crippen LogP contribution < -0.4 is 0 Å². The molecule has 0 spiro atoms. The molecule has 0 bridgehead atoms. The Balaban J connectivity index is 2.80. The van der Waals surface area contributed by atoms with Crippen LogP contribution in [0.5, 0.6) is 0 Å². The van der Waals surface area contributed by atoms with E-state index in [4.69, 9.17) is 4.84 Å². The van der Waals surface area contributed by atoms with E-state index in [1.165, 1.54) is 5.56 Å². The first kappa shape index (κ1) is 16.5. The van der Waals surface area contributed by atoms with Crippen LogP contribution in [0.25, 0.3) is 0 Å². The standard InChI is InChI=1S/C18H27NO/c1-5-11-16(4)19(15-7-3)20-18(12-6-2)17-13-9-8-10-14-17/h7-10,13-14,18H,3-6,11-12,15H2,1-2H3. The summed E-state index contributed by atoms with van der Waals surface area (Å²) >= 11 is 0. The lowest BCUT2D eigenvalue weighted by atomic mass is 10.1. The average molecular weight is 273 g/mol. The minimum Gasteiger partial charge on any atom is -0.265 e. The molecular weight excluding hydrogens is 246 g/mol. The molecule has 0 fully saturated rings. The second-order valence-corrected chi connectivity index (χ2v) is 4.96. The molecule has 0 heterocycles. The third-order valence-corrected chi connectivity index (χ3v) is 3.16. The van der Waals surface area contributed by atoms with E-state index in [9.17, 15) is 0 Å². The van der Waals surface area contributed by atoms with Gasteiger partial charge in [0.25, 0.3) is 0 Å². The van der Waals surface area contributed by atoms with E-state index in [1.54, 1.807) is 0 Å². The topological polar surface area (TPSA) is 12.5 Å². The monoisotopic (exact) mass is 273 g/mol. The minimum absolute atomic E-state index is 0.0785. The highest BCUT2D eigenvalue weighted by molar-refractivity contribution is 5.17. The number of rotatable bonds is 10. The highest BCUT2D eigenvalue weighted by atomic mass is 16.7. The number of hydrogen-bond donors (Lipinski definition) is 0. The van der Waals surface area contributed by atoms with Crippen LogP contribution in [0.3, 0.4) is 0 Å². The summed E-state index contributed by atoms with van der Waals surface area (Å²) in [4.78, 5) is 6.19. The zero-order valence-electron chi connectivity index (χ0n) is 12.8. The Kier molecular flexibility index (Phi) is 7.74. The summed E-state index contributed by atoms with van der Waals surface area (Å²) in [7, 11) is 0. The van der Waals surface area contributed by atoms with Gasteiger partial charge in [0.1, 0.15) is 6.10 Å². The minimum atomic E-state index is 0.0785. The Morgan fingerprint density at radius 3 is 2.50 bits per heavy atom. The van der Waals surface area contributed by atoms with Crippen LogP contribution in [0, 0.1) is 0 Å². The fourth-order valence-electron chi connectivity index (χ4n) is 2.14. The van der Waals surface area contributed by atoms with Crippen LogP contribution in [0.4, 0.5) is 0 Å². The molecule has 0 radical (unpaired) electrons. The fraction of sp³-hybridized carbons (Fsp3) is 0.444. The second kappa shape index (κ2) is 9.38. The molecule has 0 aliphatic rings. The van der Waals surface area contributed by atoms with E-state index in [1.807, 2.05) is 17.2 Å². The van der Waals surface area contributed by atoms with Crippen molar-refractivity contribution < 1.29 is 4.84 Å². The smallest absolute Gasteiger partial charge is 0.111 e. The number of benzene rings is 1. The number of nitrogens with zero attached hydrogens (tertiary/aromatic N) is 1. The van der Waals surface area contributed by atoms with Crippen LogP contribution in [0.15, 0.2) is 55.3 Å². The van der Waals surface area contributed by atoms with Crippen molar-refractivity contribution in [2.75, 3.05) is 6.54 Å². The average Bonchev–Trinajstić information content (AvgIpc) is 2.47. The number of hydrogen-bond acceptors (Lipinski definition) is 2. The summed E-state index contributed by atoms with van der Waals surface area (Å²) in [5.41, 5.74) is 2.23. The lowest BCUT2D eigenvalue weighted by Gasteiger charge is -2.29. The maximum atomic E-state index is 6.19. The molecule has 20 heavy (non-hydrogen) atoms. The van der Waals surface area contributed by atoms with Crippen molar-refractivity contribution in [3.05, 3.63) is 60.8 Å². The van der Waals surface area contributed by atoms with Crippen LogP contribution in [0.1, 0.15) is 51.2 Å². The molecule has 0 N–H and O–H groups in total. The molecule has 0 amide bonds. The van der Waals surface area contributed by atoms with Gasteiger partial charge in [-0.15, -0.1) is 6.58 Å². The van der Waals surface area contributed by atoms with Gasteiger partial charge in [0.05, 0.1) is 6.54 Å². The van der Waals surface area contributed by atoms with Gasteiger partial charge in [-0.05, 0) is 18.4 Å². The van der Waals surface area contributed by atoms with E-state index in [0.29, 0.717) is 6.54 Å². The van der Waals surface area contributed by atoms with E-state index in [-0.39, 0.29) is 6.10 Å². The molecule has 0 saturated carbocycles. The molecule has 1 aromatic rings. The molecule has 2 nitrogen and oxygen atoms in total. The van der Waals surface area contributed by atoms with E-state index in [2.05, 4.69) is 51.3 Å². The Morgan fingerprint density at radius 1 is 1.25 bits per heavy atom. The van der Waals surface area contributed by atoms with Gasteiger partial charge in [-0.3, -0.25) is 9.90 Å². The molecule has 1 unspecified atom stereocenters. The van der Waals surface area contributed by atoms with Crippen LogP contribution >= 0.6 is 0 Å². The summed E-state index contributed by atoms with van der Waals surface area (Å²) in [6, 6.07) is 10.4. The molecular formula is C18H27NO. The third kappa shape index (κ3) is 5.22. The highest BCUT2D eigenvalue weighted by Crippen LogP contribution is 2.26. The first-order chi connectivity index (χ1) is 9.72. The third-order valence-electron chi connectivity index (χ3n) is 3.16. The first-order valence-electron chi connectivity index (χ1n) is 7.50. The van der Waals surface area contributed by atoms with Gasteiger partial charge in [-0.25, -0.2) is 0 Å². The van der Waals surface area contributed by atoms with Gasteiger partial charge >= 0.3 is 0 Å². The molecule has 0 aliphatic carbocycles. The Morgan fingerprint density at radius 2 is 1.95 bits per heavy atom. The van der Waals surface area contributed by atoms with E-state index < -0.39 is 0 Å². The SMILES string of the molecule is C=CCN(OC(CCC)c1ccccc1)C(=C)CCC. The van der Waals surface area contributed by atoms with Crippen molar-refractivity contribution in [1.29, 1.82) is 0 Å². The molecule has 2 heteroatoms. The largest absolute Gasteiger partial charge is 0.265 e. The predicted molar refractivity (Wildman–Crippen MR) is 86.1 cm³/mol. The summed E-state index contributed by atoms with van der Waals surface area (Å²) in [5.74, 6) is 0. The fourth-order valence-corrected chi connectivity index (χ4v) is 2.14. The molecule has 110 valence electrons. The molecule has 1 rings (SSSR count). The zero-order chi connectivity index (χ0) is 14.8. The van der Waals surface area contributed by atoms with Gasteiger partial charge in [0, 0.05) is 5.70 Å². The van der Waals surface area contributed by atoms with Crippen molar-refractivity contribution in [1.82, 2.24) is 5.06 Å². The molecule has 0 aromatic heterocycles. The molecule has 0 saturated heterocycles. The zero-order valence-corrected chi connectivity index (χ0v) is 12.8. The maximum absolute atomic E-state index is 6.19. The van der Waals surface area contributed by atoms with Crippen LogP contribution in [-0.2, 0) is 4.84 Å². The van der Waals surface area contributed by atoms with Gasteiger partial charge in [-0.1, -0.05) is 69.7 Å². The summed E-state index contributed by atoms with van der Waals surface area (Å²) in [6.45, 7) is 12.9. The van der Waals surface area contributed by atoms with Gasteiger partial charge in [0.2, 0.25) is 0 Å². The first-order valence-corrected chi connectivity index (χ1v) is 7.50.